The van der Waals surface area contributed by atoms with Gasteiger partial charge in [0.05, 0.1) is 5.69 Å². The summed E-state index contributed by atoms with van der Waals surface area (Å²) in [4.78, 5) is 28.8. The van der Waals surface area contributed by atoms with Crippen LogP contribution in [-0.4, -0.2) is 71.5 Å². The summed E-state index contributed by atoms with van der Waals surface area (Å²) < 4.78 is 8.76. The van der Waals surface area contributed by atoms with Gasteiger partial charge < -0.3 is 9.32 Å². The maximum absolute atomic E-state index is 13.1. The monoisotopic (exact) mass is 526 g/mol. The van der Waals surface area contributed by atoms with Crippen LogP contribution in [0.3, 0.4) is 0 Å². The third kappa shape index (κ3) is 4.92. The summed E-state index contributed by atoms with van der Waals surface area (Å²) in [7, 11) is 0. The van der Waals surface area contributed by atoms with E-state index < -0.39 is 0 Å². The van der Waals surface area contributed by atoms with Crippen molar-refractivity contribution in [1.29, 1.82) is 0 Å². The van der Waals surface area contributed by atoms with Crippen LogP contribution in [0.4, 0.5) is 0 Å². The van der Waals surface area contributed by atoms with E-state index in [1.54, 1.807) is 10.6 Å². The smallest absolute Gasteiger partial charge is 0.336 e. The molecular weight excluding hydrogens is 496 g/mol. The molecular formula is C28H30N8O3. The summed E-state index contributed by atoms with van der Waals surface area (Å²) in [6, 6.07) is 12.9. The molecule has 0 aliphatic carbocycles. The highest BCUT2D eigenvalue weighted by molar-refractivity contribution is 5.77. The first kappa shape index (κ1) is 24.9. The molecule has 5 aromatic rings. The molecule has 1 amide bonds. The van der Waals surface area contributed by atoms with Crippen molar-refractivity contribution in [1.82, 2.24) is 39.4 Å². The Morgan fingerprint density at radius 1 is 0.949 bits per heavy atom. The van der Waals surface area contributed by atoms with Gasteiger partial charge in [-0.3, -0.25) is 9.69 Å². The first-order valence-corrected chi connectivity index (χ1v) is 13.1. The molecule has 6 rings (SSSR count). The number of carbonyl (C=O) groups is 1. The summed E-state index contributed by atoms with van der Waals surface area (Å²) in [6.45, 7) is 9.71. The van der Waals surface area contributed by atoms with E-state index in [0.29, 0.717) is 48.8 Å². The van der Waals surface area contributed by atoms with Crippen LogP contribution >= 0.6 is 0 Å². The quantitative estimate of drug-likeness (QED) is 0.310. The largest absolute Gasteiger partial charge is 0.423 e. The van der Waals surface area contributed by atoms with Gasteiger partial charge in [-0.15, -0.1) is 15.3 Å². The van der Waals surface area contributed by atoms with E-state index >= 15 is 0 Å². The number of rotatable bonds is 6. The molecule has 1 aliphatic heterocycles. The van der Waals surface area contributed by atoms with Crippen LogP contribution in [0.5, 0.6) is 0 Å². The molecule has 0 saturated carbocycles. The van der Waals surface area contributed by atoms with E-state index in [1.165, 1.54) is 6.07 Å². The zero-order chi connectivity index (χ0) is 27.1. The highest BCUT2D eigenvalue weighted by Gasteiger charge is 2.22. The normalized spacial score (nSPS) is 14.5. The number of piperazine rings is 1. The fraction of sp³-hybridized carbons (Fsp3) is 0.357. The average Bonchev–Trinajstić information content (AvgIpc) is 3.45. The van der Waals surface area contributed by atoms with Gasteiger partial charge in [0.1, 0.15) is 5.58 Å². The number of aromatic nitrogens is 6. The molecule has 5 heterocycles. The Bertz CT molecular complexity index is 1740. The highest BCUT2D eigenvalue weighted by atomic mass is 16.4. The van der Waals surface area contributed by atoms with Crippen LogP contribution in [-0.2, 0) is 17.8 Å². The number of carbonyl (C=O) groups excluding carboxylic acids is 1. The van der Waals surface area contributed by atoms with Crippen molar-refractivity contribution >= 4 is 22.5 Å². The number of hydrogen-bond donors (Lipinski definition) is 0. The molecule has 39 heavy (non-hydrogen) atoms. The summed E-state index contributed by atoms with van der Waals surface area (Å²) in [5, 5.41) is 18.4. The fourth-order valence-corrected chi connectivity index (χ4v) is 5.28. The Hall–Kier alpha value is -4.38. The van der Waals surface area contributed by atoms with Crippen molar-refractivity contribution in [2.45, 2.75) is 40.2 Å². The predicted molar refractivity (Wildman–Crippen MR) is 145 cm³/mol. The number of nitrogens with zero attached hydrogens (tertiary/aromatic N) is 8. The Morgan fingerprint density at radius 2 is 1.77 bits per heavy atom. The second-order valence-electron chi connectivity index (χ2n) is 10.1. The molecule has 1 aliphatic rings. The van der Waals surface area contributed by atoms with Crippen LogP contribution in [0.2, 0.25) is 0 Å². The molecule has 11 heteroatoms. The van der Waals surface area contributed by atoms with Crippen molar-refractivity contribution in [3.05, 3.63) is 81.2 Å². The third-order valence-electron chi connectivity index (χ3n) is 7.47. The van der Waals surface area contributed by atoms with Crippen molar-refractivity contribution in [3.63, 3.8) is 0 Å². The zero-order valence-electron chi connectivity index (χ0n) is 22.3. The maximum atomic E-state index is 13.1. The Labute approximate surface area is 224 Å². The molecule has 0 N–H and O–H groups in total. The number of fused-ring (bicyclic) bond motifs is 2. The van der Waals surface area contributed by atoms with Crippen LogP contribution in [0, 0.1) is 20.8 Å². The molecule has 0 spiro atoms. The molecule has 200 valence electrons. The summed E-state index contributed by atoms with van der Waals surface area (Å²) in [5.74, 6) is 1.57. The molecule has 0 radical (unpaired) electrons. The van der Waals surface area contributed by atoms with E-state index in [-0.39, 0.29) is 11.5 Å². The number of aryl methyl sites for hydroxylation is 2. The maximum Gasteiger partial charge on any atom is 0.336 e. The van der Waals surface area contributed by atoms with E-state index in [4.69, 9.17) is 9.52 Å². The van der Waals surface area contributed by atoms with Crippen molar-refractivity contribution < 1.29 is 9.21 Å². The average molecular weight is 527 g/mol. The van der Waals surface area contributed by atoms with E-state index in [9.17, 15) is 9.59 Å². The van der Waals surface area contributed by atoms with E-state index in [0.717, 1.165) is 47.5 Å². The Kier molecular flexibility index (Phi) is 6.43. The lowest BCUT2D eigenvalue weighted by molar-refractivity contribution is -0.133. The summed E-state index contributed by atoms with van der Waals surface area (Å²) >= 11 is 0. The van der Waals surface area contributed by atoms with Gasteiger partial charge in [-0.1, -0.05) is 6.07 Å². The highest BCUT2D eigenvalue weighted by Crippen LogP contribution is 2.20. The lowest BCUT2D eigenvalue weighted by Gasteiger charge is -2.35. The Balaban J connectivity index is 1.05. The number of amides is 1. The molecule has 1 aromatic carbocycles. The summed E-state index contributed by atoms with van der Waals surface area (Å²) in [6.07, 6.45) is 1.08. The van der Waals surface area contributed by atoms with E-state index in [1.807, 2.05) is 54.6 Å². The fourth-order valence-electron chi connectivity index (χ4n) is 5.28. The first-order valence-electron chi connectivity index (χ1n) is 13.1. The van der Waals surface area contributed by atoms with Gasteiger partial charge in [-0.2, -0.15) is 9.61 Å². The Morgan fingerprint density at radius 3 is 2.59 bits per heavy atom. The number of benzene rings is 1. The van der Waals surface area contributed by atoms with Crippen molar-refractivity contribution in [3.8, 4) is 5.82 Å². The second-order valence-corrected chi connectivity index (χ2v) is 10.1. The molecule has 1 fully saturated rings. The lowest BCUT2D eigenvalue weighted by Crippen LogP contribution is -2.48. The minimum Gasteiger partial charge on any atom is -0.423 e. The van der Waals surface area contributed by atoms with E-state index in [2.05, 4.69) is 26.3 Å². The number of hydrogen-bond acceptors (Lipinski definition) is 8. The minimum atomic E-state index is -0.340. The summed E-state index contributed by atoms with van der Waals surface area (Å²) in [5.41, 5.74) is 5.08. The zero-order valence-corrected chi connectivity index (χ0v) is 22.3. The molecule has 4 aromatic heterocycles. The van der Waals surface area contributed by atoms with Crippen LogP contribution in [0.1, 0.15) is 34.8 Å². The van der Waals surface area contributed by atoms with Crippen LogP contribution in [0.15, 0.2) is 51.7 Å². The van der Waals surface area contributed by atoms with Gasteiger partial charge in [0.25, 0.3) is 0 Å². The van der Waals surface area contributed by atoms with Crippen LogP contribution < -0.4 is 5.63 Å². The SMILES string of the molecule is Cc1nn(-c2ccc3nnc(C)n3n2)c(C)c1CCC(=O)N1CCN(Cc2ccc3oc(=O)ccc3c2)CC1. The van der Waals surface area contributed by atoms with Gasteiger partial charge in [-0.05, 0) is 68.7 Å². The molecule has 0 atom stereocenters. The third-order valence-corrected chi connectivity index (χ3v) is 7.47. The first-order chi connectivity index (χ1) is 18.9. The molecule has 0 bridgehead atoms. The van der Waals surface area contributed by atoms with Crippen LogP contribution in [0.25, 0.3) is 22.4 Å². The molecule has 0 unspecified atom stereocenters. The minimum absolute atomic E-state index is 0.168. The second kappa shape index (κ2) is 10.1. The van der Waals surface area contributed by atoms with Gasteiger partial charge >= 0.3 is 5.63 Å². The van der Waals surface area contributed by atoms with Gasteiger partial charge in [0.15, 0.2) is 17.3 Å². The topological polar surface area (TPSA) is 115 Å². The molecule has 1 saturated heterocycles. The van der Waals surface area contributed by atoms with Crippen molar-refractivity contribution in [2.75, 3.05) is 26.2 Å². The lowest BCUT2D eigenvalue weighted by atomic mass is 10.1. The van der Waals surface area contributed by atoms with Gasteiger partial charge in [0.2, 0.25) is 5.91 Å². The van der Waals surface area contributed by atoms with Gasteiger partial charge in [-0.25, -0.2) is 9.48 Å². The standard InChI is InChI=1S/C28H30N8O3/c1-18-23(19(2)35(31-18)26-9-8-25-30-29-20(3)36(25)32-26)6-10-27(37)34-14-12-33(13-15-34)17-21-4-7-24-22(16-21)5-11-28(38)39-24/h4-5,7-9,11,16H,6,10,12-15,17H2,1-3H3. The van der Waals surface area contributed by atoms with Crippen molar-refractivity contribution in [2.24, 2.45) is 0 Å². The molecule has 11 nitrogen and oxygen atoms in total. The predicted octanol–water partition coefficient (Wildman–Crippen LogP) is 2.62. The van der Waals surface area contributed by atoms with Gasteiger partial charge in [0, 0.05) is 56.3 Å².